The van der Waals surface area contributed by atoms with Gasteiger partial charge in [-0.05, 0) is 0 Å². The topological polar surface area (TPSA) is 81.7 Å². The van der Waals surface area contributed by atoms with Crippen LogP contribution in [0.4, 0.5) is 0 Å². The van der Waals surface area contributed by atoms with Crippen molar-refractivity contribution in [2.45, 2.75) is 6.92 Å². The lowest BCUT2D eigenvalue weighted by Crippen LogP contribution is -2.32. The predicted octanol–water partition coefficient (Wildman–Crippen LogP) is -0.693. The minimum atomic E-state index is -1.36. The summed E-state index contributed by atoms with van der Waals surface area (Å²) in [5.74, 6) is -1.17. The molecular formula is C10H19NO5S. The molecule has 17 heavy (non-hydrogen) atoms. The molecule has 0 aliphatic carbocycles. The summed E-state index contributed by atoms with van der Waals surface area (Å²) in [5.41, 5.74) is 0. The van der Waals surface area contributed by atoms with E-state index < -0.39 is 22.7 Å². The zero-order chi connectivity index (χ0) is 13.3. The molecule has 0 aromatic carbocycles. The van der Waals surface area contributed by atoms with E-state index >= 15 is 0 Å². The number of ether oxygens (including phenoxy) is 2. The summed E-state index contributed by atoms with van der Waals surface area (Å²) in [5, 5.41) is 2.56. The number of hydrogen-bond acceptors (Lipinski definition) is 5. The lowest BCUT2D eigenvalue weighted by atomic mass is 10.2. The van der Waals surface area contributed by atoms with Crippen LogP contribution in [-0.2, 0) is 29.9 Å². The van der Waals surface area contributed by atoms with Crippen molar-refractivity contribution in [3.8, 4) is 0 Å². The zero-order valence-electron chi connectivity index (χ0n) is 10.4. The lowest BCUT2D eigenvalue weighted by Gasteiger charge is -2.08. The minimum absolute atomic E-state index is 0.106. The number of carbonyl (C=O) groups is 2. The van der Waals surface area contributed by atoms with Gasteiger partial charge in [0.15, 0.2) is 0 Å². The standard InChI is InChI=1S/C10H19NO5S/c1-8(10(13)16-3)6-17(14)7-9(12)11-4-5-15-2/h8H,4-7H2,1-3H3,(H,11,12). The van der Waals surface area contributed by atoms with Gasteiger partial charge in [-0.15, -0.1) is 0 Å². The van der Waals surface area contributed by atoms with Gasteiger partial charge in [0.05, 0.1) is 19.6 Å². The maximum absolute atomic E-state index is 11.5. The quantitative estimate of drug-likeness (QED) is 0.464. The Morgan fingerprint density at radius 2 is 2.00 bits per heavy atom. The van der Waals surface area contributed by atoms with Gasteiger partial charge in [-0.1, -0.05) is 6.92 Å². The second-order valence-corrected chi connectivity index (χ2v) is 5.02. The summed E-state index contributed by atoms with van der Waals surface area (Å²) in [7, 11) is 1.45. The Kier molecular flexibility index (Phi) is 8.61. The van der Waals surface area contributed by atoms with Gasteiger partial charge in [0.1, 0.15) is 5.75 Å². The largest absolute Gasteiger partial charge is 0.469 e. The van der Waals surface area contributed by atoms with Gasteiger partial charge < -0.3 is 14.8 Å². The number of esters is 1. The number of hydrogen-bond donors (Lipinski definition) is 1. The van der Waals surface area contributed by atoms with E-state index in [1.54, 1.807) is 6.92 Å². The minimum Gasteiger partial charge on any atom is -0.469 e. The normalized spacial score (nSPS) is 13.8. The average molecular weight is 265 g/mol. The Morgan fingerprint density at radius 3 is 2.53 bits per heavy atom. The average Bonchev–Trinajstić information content (AvgIpc) is 2.27. The van der Waals surface area contributed by atoms with Crippen LogP contribution in [0.25, 0.3) is 0 Å². The molecule has 0 aromatic rings. The van der Waals surface area contributed by atoms with Crippen LogP contribution in [0.3, 0.4) is 0 Å². The highest BCUT2D eigenvalue weighted by atomic mass is 32.2. The van der Waals surface area contributed by atoms with E-state index in [9.17, 15) is 13.8 Å². The second-order valence-electron chi connectivity index (χ2n) is 3.52. The summed E-state index contributed by atoms with van der Waals surface area (Å²) < 4.78 is 20.8. The van der Waals surface area contributed by atoms with Gasteiger partial charge in [0, 0.05) is 30.2 Å². The van der Waals surface area contributed by atoms with Crippen molar-refractivity contribution in [2.75, 3.05) is 38.9 Å². The Balaban J connectivity index is 3.85. The van der Waals surface area contributed by atoms with Crippen LogP contribution in [-0.4, -0.2) is 55.0 Å². The van der Waals surface area contributed by atoms with Crippen LogP contribution < -0.4 is 5.32 Å². The van der Waals surface area contributed by atoms with Gasteiger partial charge in [-0.25, -0.2) is 0 Å². The van der Waals surface area contributed by atoms with E-state index in [1.807, 2.05) is 0 Å². The third kappa shape index (κ3) is 7.87. The van der Waals surface area contributed by atoms with Gasteiger partial charge >= 0.3 is 5.97 Å². The SMILES string of the molecule is COCCNC(=O)CS(=O)CC(C)C(=O)OC. The molecule has 0 aliphatic rings. The maximum Gasteiger partial charge on any atom is 0.309 e. The monoisotopic (exact) mass is 265 g/mol. The van der Waals surface area contributed by atoms with E-state index in [1.165, 1.54) is 14.2 Å². The highest BCUT2D eigenvalue weighted by Crippen LogP contribution is 2.00. The molecule has 1 N–H and O–H groups in total. The molecule has 0 saturated carbocycles. The first-order valence-corrected chi connectivity index (χ1v) is 6.68. The molecule has 0 fully saturated rings. The van der Waals surface area contributed by atoms with Gasteiger partial charge in [0.25, 0.3) is 0 Å². The van der Waals surface area contributed by atoms with Crippen molar-refractivity contribution in [3.63, 3.8) is 0 Å². The highest BCUT2D eigenvalue weighted by molar-refractivity contribution is 7.85. The lowest BCUT2D eigenvalue weighted by molar-refractivity contribution is -0.144. The molecule has 0 aromatic heterocycles. The maximum atomic E-state index is 11.5. The summed E-state index contributed by atoms with van der Waals surface area (Å²) in [6, 6.07) is 0. The van der Waals surface area contributed by atoms with Crippen LogP contribution in [0.5, 0.6) is 0 Å². The molecule has 0 radical (unpaired) electrons. The summed E-state index contributed by atoms with van der Waals surface area (Å²) in [6.45, 7) is 2.42. The van der Waals surface area contributed by atoms with Crippen molar-refractivity contribution in [1.82, 2.24) is 5.32 Å². The predicted molar refractivity (Wildman–Crippen MR) is 63.9 cm³/mol. The van der Waals surface area contributed by atoms with Crippen molar-refractivity contribution in [3.05, 3.63) is 0 Å². The van der Waals surface area contributed by atoms with Gasteiger partial charge in [0.2, 0.25) is 5.91 Å². The Morgan fingerprint density at radius 1 is 1.35 bits per heavy atom. The van der Waals surface area contributed by atoms with E-state index in [0.717, 1.165) is 0 Å². The van der Waals surface area contributed by atoms with Crippen LogP contribution in [0.1, 0.15) is 6.92 Å². The van der Waals surface area contributed by atoms with E-state index in [4.69, 9.17) is 4.74 Å². The summed E-state index contributed by atoms with van der Waals surface area (Å²) in [6.07, 6.45) is 0. The Hall–Kier alpha value is -0.950. The molecule has 7 heteroatoms. The molecule has 0 rings (SSSR count). The van der Waals surface area contributed by atoms with Crippen molar-refractivity contribution >= 4 is 22.7 Å². The molecule has 100 valence electrons. The number of carbonyl (C=O) groups excluding carboxylic acids is 2. The summed E-state index contributed by atoms with van der Waals surface area (Å²) >= 11 is 0. The van der Waals surface area contributed by atoms with Crippen molar-refractivity contribution in [1.29, 1.82) is 0 Å². The molecule has 6 nitrogen and oxygen atoms in total. The van der Waals surface area contributed by atoms with E-state index in [2.05, 4.69) is 10.1 Å². The smallest absolute Gasteiger partial charge is 0.309 e. The molecule has 2 unspecified atom stereocenters. The molecule has 0 bridgehead atoms. The first kappa shape index (κ1) is 16.1. The third-order valence-corrected chi connectivity index (χ3v) is 3.42. The van der Waals surface area contributed by atoms with Crippen molar-refractivity contribution in [2.24, 2.45) is 5.92 Å². The van der Waals surface area contributed by atoms with Crippen LogP contribution in [0.2, 0.25) is 0 Å². The summed E-state index contributed by atoms with van der Waals surface area (Å²) in [4.78, 5) is 22.3. The molecule has 0 saturated heterocycles. The van der Waals surface area contributed by atoms with Gasteiger partial charge in [-0.2, -0.15) is 0 Å². The molecule has 0 spiro atoms. The molecule has 1 amide bonds. The van der Waals surface area contributed by atoms with Crippen LogP contribution in [0, 0.1) is 5.92 Å². The zero-order valence-corrected chi connectivity index (χ0v) is 11.2. The fourth-order valence-electron chi connectivity index (χ4n) is 1.10. The highest BCUT2D eigenvalue weighted by Gasteiger charge is 2.18. The fraction of sp³-hybridized carbons (Fsp3) is 0.800. The Labute approximate surface area is 103 Å². The molecular weight excluding hydrogens is 246 g/mol. The second kappa shape index (κ2) is 9.12. The first-order chi connectivity index (χ1) is 8.01. The number of amides is 1. The molecule has 0 heterocycles. The number of rotatable bonds is 8. The molecule has 2 atom stereocenters. The van der Waals surface area contributed by atoms with Gasteiger partial charge in [-0.3, -0.25) is 13.8 Å². The third-order valence-electron chi connectivity index (χ3n) is 1.96. The number of nitrogens with one attached hydrogen (secondary N) is 1. The van der Waals surface area contributed by atoms with E-state index in [0.29, 0.717) is 13.2 Å². The fourth-order valence-corrected chi connectivity index (χ4v) is 2.30. The van der Waals surface area contributed by atoms with Crippen LogP contribution >= 0.6 is 0 Å². The molecule has 0 aliphatic heterocycles. The van der Waals surface area contributed by atoms with Crippen molar-refractivity contribution < 1.29 is 23.3 Å². The number of methoxy groups -OCH3 is 2. The Bertz CT molecular complexity index is 282. The van der Waals surface area contributed by atoms with Crippen LogP contribution in [0.15, 0.2) is 0 Å². The first-order valence-electron chi connectivity index (χ1n) is 5.19. The van der Waals surface area contributed by atoms with E-state index in [-0.39, 0.29) is 17.4 Å².